The number of hydrogen-bond acceptors (Lipinski definition) is 4. The minimum atomic E-state index is -4.94. The number of benzene rings is 2. The van der Waals surface area contributed by atoms with E-state index in [0.717, 1.165) is 13.0 Å². The van der Waals surface area contributed by atoms with E-state index in [1.807, 2.05) is 0 Å². The predicted octanol–water partition coefficient (Wildman–Crippen LogP) is 3.74. The van der Waals surface area contributed by atoms with E-state index in [-0.39, 0.29) is 0 Å². The minimum Gasteiger partial charge on any atom is -0.222 e. The number of unbranched alkanes of at least 4 members (excludes halogenated alkanes) is 1. The lowest BCUT2D eigenvalue weighted by Crippen LogP contribution is -2.68. The number of aromatic nitrogens is 1. The van der Waals surface area contributed by atoms with Gasteiger partial charge in [0.2, 0.25) is 11.4 Å². The summed E-state index contributed by atoms with van der Waals surface area (Å²) in [7, 11) is -4.94. The summed E-state index contributed by atoms with van der Waals surface area (Å²) in [5, 5.41) is 0. The van der Waals surface area contributed by atoms with Gasteiger partial charge in [0, 0.05) is 29.7 Å². The number of halogens is 1. The lowest BCUT2D eigenvalue weighted by molar-refractivity contribution is -2.00. The lowest BCUT2D eigenvalue weighted by atomic mass is 9.94. The molecule has 0 atom stereocenters. The van der Waals surface area contributed by atoms with Gasteiger partial charge in [0.25, 0.3) is 0 Å². The van der Waals surface area contributed by atoms with Crippen molar-refractivity contribution in [2.24, 2.45) is 0 Å². The van der Waals surface area contributed by atoms with Crippen LogP contribution >= 0.6 is 0 Å². The first-order valence-corrected chi connectivity index (χ1v) is 14.2. The van der Waals surface area contributed by atoms with Gasteiger partial charge in [-0.25, -0.2) is 18.6 Å². The molecule has 2 aromatic carbocycles. The fourth-order valence-corrected chi connectivity index (χ4v) is 5.01. The van der Waals surface area contributed by atoms with Crippen molar-refractivity contribution in [3.8, 4) is 44.8 Å². The third kappa shape index (κ3) is 7.09. The maximum Gasteiger partial charge on any atom is 0.213 e. The normalized spacial score (nSPS) is 11.3. The summed E-state index contributed by atoms with van der Waals surface area (Å²) in [6, 6.07) is 37.7. The van der Waals surface area contributed by atoms with Crippen molar-refractivity contribution in [3.05, 3.63) is 114 Å². The highest BCUT2D eigenvalue weighted by Gasteiger charge is 2.24. The molecule has 1 aromatic heterocycles. The van der Waals surface area contributed by atoms with Gasteiger partial charge in [-0.15, -0.1) is 10.2 Å². The average molecular weight is 542 g/mol. The Morgan fingerprint density at radius 1 is 0.590 bits per heavy atom. The number of nitrogens with zero attached hydrogens (tertiary/aromatic N) is 1. The second-order valence-corrected chi connectivity index (χ2v) is 10.3. The number of aryl methyl sites for hydroxylation is 2. The monoisotopic (exact) mass is 541 g/mol. The largest absolute Gasteiger partial charge is 0.222 e. The maximum atomic E-state index is 8.49. The third-order valence-corrected chi connectivity index (χ3v) is 6.82. The molecular weight excluding hydrogens is 510 g/mol. The summed E-state index contributed by atoms with van der Waals surface area (Å²) in [6.45, 7) is 7.70. The number of fused-ring (bicyclic) bond motifs is 1. The first kappa shape index (κ1) is 28.4. The van der Waals surface area contributed by atoms with Crippen LogP contribution in [0.2, 0.25) is 0 Å². The molecule has 0 N–H and O–H groups in total. The molecule has 0 amide bonds. The van der Waals surface area contributed by atoms with Gasteiger partial charge in [-0.3, -0.25) is 0 Å². The van der Waals surface area contributed by atoms with Crippen LogP contribution < -0.4 is 23.2 Å². The molecule has 0 spiro atoms. The van der Waals surface area contributed by atoms with E-state index in [0.29, 0.717) is 0 Å². The molecule has 0 radical (unpaired) electrons. The molecule has 200 valence electrons. The smallest absolute Gasteiger partial charge is 0.213 e. The molecule has 0 saturated carbocycles. The molecule has 5 rings (SSSR count). The summed E-state index contributed by atoms with van der Waals surface area (Å²) in [5.74, 6) is 0. The quantitative estimate of drug-likeness (QED) is 0.306. The van der Waals surface area contributed by atoms with Gasteiger partial charge in [0.1, 0.15) is 6.54 Å². The van der Waals surface area contributed by atoms with Crippen molar-refractivity contribution in [1.29, 1.82) is 0 Å². The zero-order chi connectivity index (χ0) is 28.0. The van der Waals surface area contributed by atoms with Crippen LogP contribution in [0, 0.1) is 24.1 Å². The van der Waals surface area contributed by atoms with Crippen LogP contribution in [-0.2, 0) is 6.54 Å². The van der Waals surface area contributed by atoms with Crippen molar-refractivity contribution in [2.45, 2.75) is 40.2 Å². The van der Waals surface area contributed by atoms with Crippen LogP contribution in [0.4, 0.5) is 0 Å². The highest BCUT2D eigenvalue weighted by molar-refractivity contribution is 5.91. The highest BCUT2D eigenvalue weighted by Crippen LogP contribution is 2.40. The van der Waals surface area contributed by atoms with Crippen LogP contribution in [-0.4, -0.2) is 0 Å². The van der Waals surface area contributed by atoms with Gasteiger partial charge in [-0.05, 0) is 71.5 Å². The van der Waals surface area contributed by atoms with Crippen LogP contribution in [0.5, 0.6) is 0 Å². The van der Waals surface area contributed by atoms with Crippen LogP contribution in [0.3, 0.4) is 0 Å². The van der Waals surface area contributed by atoms with Crippen molar-refractivity contribution in [1.82, 2.24) is 0 Å². The molecule has 1 heterocycles. The fraction of sp³-hybridized carbons (Fsp3) is 0.182. The van der Waals surface area contributed by atoms with Crippen LogP contribution in [0.1, 0.15) is 30.9 Å². The first-order chi connectivity index (χ1) is 18.7. The van der Waals surface area contributed by atoms with Crippen LogP contribution in [0.25, 0.3) is 44.8 Å². The standard InChI is InChI=1S/C33H32N.ClHO4/c1-4-5-21-34-31(26-15-8-6-9-16-26)22-28(23-32(34)27-17-10-7-11-18-27)30-20-19-29-24(2)13-12-14-25(3)33(29)30;2-1(3,4)5/h6-20,22-23H,4-5,21H2,1-3H3;(H,2,3,4,5)/q+1;/p-1. The molecule has 0 saturated heterocycles. The third-order valence-electron chi connectivity index (χ3n) is 6.82. The molecule has 39 heavy (non-hydrogen) atoms. The Balaban J connectivity index is 0.000000648. The van der Waals surface area contributed by atoms with Gasteiger partial charge in [-0.1, -0.05) is 80.1 Å². The summed E-state index contributed by atoms with van der Waals surface area (Å²) in [4.78, 5) is 0. The molecule has 0 unspecified atom stereocenters. The van der Waals surface area contributed by atoms with E-state index in [9.17, 15) is 0 Å². The molecule has 0 fully saturated rings. The van der Waals surface area contributed by atoms with Crippen LogP contribution in [0.15, 0.2) is 103 Å². The summed E-state index contributed by atoms with van der Waals surface area (Å²) in [5.41, 5.74) is 13.0. The van der Waals surface area contributed by atoms with Gasteiger partial charge in [-0.2, -0.15) is 4.57 Å². The molecule has 2 aliphatic rings. The van der Waals surface area contributed by atoms with E-state index >= 15 is 0 Å². The molecular formula is C33H32ClNO4. The van der Waals surface area contributed by atoms with E-state index in [1.165, 1.54) is 62.3 Å². The van der Waals surface area contributed by atoms with Crippen molar-refractivity contribution in [2.75, 3.05) is 0 Å². The molecule has 5 nitrogen and oxygen atoms in total. The molecule has 6 heteroatoms. The summed E-state index contributed by atoms with van der Waals surface area (Å²) in [6.07, 6.45) is 2.32. The van der Waals surface area contributed by atoms with Gasteiger partial charge in [0.15, 0.2) is 0 Å². The Hall–Kier alpha value is -3.58. The second kappa shape index (κ2) is 12.5. The Kier molecular flexibility index (Phi) is 9.12. The molecule has 0 aliphatic heterocycles. The zero-order valence-electron chi connectivity index (χ0n) is 22.4. The van der Waals surface area contributed by atoms with Crippen molar-refractivity contribution < 1.29 is 33.4 Å². The number of hydrogen-bond donors (Lipinski definition) is 0. The van der Waals surface area contributed by atoms with E-state index in [4.69, 9.17) is 18.6 Å². The zero-order valence-corrected chi connectivity index (χ0v) is 23.2. The van der Waals surface area contributed by atoms with Crippen molar-refractivity contribution >= 4 is 0 Å². The molecule has 3 aromatic rings. The number of pyridine rings is 1. The van der Waals surface area contributed by atoms with E-state index in [1.54, 1.807) is 0 Å². The fourth-order valence-electron chi connectivity index (χ4n) is 5.01. The first-order valence-electron chi connectivity index (χ1n) is 13.0. The van der Waals surface area contributed by atoms with E-state index < -0.39 is 10.2 Å². The average Bonchev–Trinajstić information content (AvgIpc) is 3.31. The molecule has 0 bridgehead atoms. The maximum absolute atomic E-state index is 8.49. The summed E-state index contributed by atoms with van der Waals surface area (Å²) >= 11 is 0. The Morgan fingerprint density at radius 2 is 1.08 bits per heavy atom. The van der Waals surface area contributed by atoms with Gasteiger partial charge < -0.3 is 0 Å². The van der Waals surface area contributed by atoms with Gasteiger partial charge >= 0.3 is 0 Å². The SMILES string of the molecule is CCCC[n+]1c(-c2ccccc2)cc(-c2ccc3c(C)cccc(C)c2-3)cc1-c1ccccc1.[O-][Cl+3]([O-])([O-])[O-]. The molecule has 2 aliphatic carbocycles. The van der Waals surface area contributed by atoms with Gasteiger partial charge in [0.05, 0.1) is 0 Å². The van der Waals surface area contributed by atoms with Crippen molar-refractivity contribution in [3.63, 3.8) is 0 Å². The second-order valence-electron chi connectivity index (χ2n) is 9.56. The predicted molar refractivity (Wildman–Crippen MR) is 144 cm³/mol. The lowest BCUT2D eigenvalue weighted by Gasteiger charge is -2.17. The summed E-state index contributed by atoms with van der Waals surface area (Å²) < 4.78 is 36.5. The number of rotatable bonds is 6. The minimum absolute atomic E-state index is 1.00. The Labute approximate surface area is 232 Å². The van der Waals surface area contributed by atoms with E-state index in [2.05, 4.69) is 128 Å². The topological polar surface area (TPSA) is 96.1 Å². The highest BCUT2D eigenvalue weighted by atomic mass is 35.7. The Bertz CT molecular complexity index is 1430. The Morgan fingerprint density at radius 3 is 1.59 bits per heavy atom.